The molecule has 9 heteroatoms. The molecule has 1 heterocycles. The first-order valence-electron chi connectivity index (χ1n) is 11.8. The van der Waals surface area contributed by atoms with Crippen molar-refractivity contribution >= 4 is 40.2 Å². The SMILES string of the molecule is COc1ccc(CCNC(=O)CCn2c(SCc3ccccc3Cl)nc3ccccc3c2=O)cc1OC. The molecule has 0 radical (unpaired) electrons. The Kier molecular flexibility index (Phi) is 9.09. The van der Waals surface area contributed by atoms with Gasteiger partial charge in [-0.1, -0.05) is 59.8 Å². The molecular weight excluding hydrogens is 510 g/mol. The number of ether oxygens (including phenoxy) is 2. The van der Waals surface area contributed by atoms with E-state index in [0.717, 1.165) is 11.1 Å². The highest BCUT2D eigenvalue weighted by molar-refractivity contribution is 7.98. The normalized spacial score (nSPS) is 10.9. The molecule has 192 valence electrons. The van der Waals surface area contributed by atoms with Crippen molar-refractivity contribution in [1.82, 2.24) is 14.9 Å². The van der Waals surface area contributed by atoms with E-state index < -0.39 is 0 Å². The summed E-state index contributed by atoms with van der Waals surface area (Å²) in [5, 5.41) is 4.69. The van der Waals surface area contributed by atoms with Crippen LogP contribution in [0.5, 0.6) is 11.5 Å². The van der Waals surface area contributed by atoms with Crippen molar-refractivity contribution in [2.24, 2.45) is 0 Å². The van der Waals surface area contributed by atoms with Crippen molar-refractivity contribution in [2.75, 3.05) is 20.8 Å². The minimum atomic E-state index is -0.162. The van der Waals surface area contributed by atoms with Gasteiger partial charge in [-0.05, 0) is 47.9 Å². The zero-order valence-corrected chi connectivity index (χ0v) is 22.3. The van der Waals surface area contributed by atoms with Crippen LogP contribution in [0.15, 0.2) is 76.7 Å². The van der Waals surface area contributed by atoms with E-state index in [1.54, 1.807) is 24.9 Å². The zero-order valence-electron chi connectivity index (χ0n) is 20.7. The summed E-state index contributed by atoms with van der Waals surface area (Å²) in [6.07, 6.45) is 0.800. The monoisotopic (exact) mass is 537 g/mol. The average Bonchev–Trinajstić information content (AvgIpc) is 2.92. The number of halogens is 1. The second kappa shape index (κ2) is 12.7. The molecule has 7 nitrogen and oxygen atoms in total. The third-order valence-electron chi connectivity index (χ3n) is 5.89. The van der Waals surface area contributed by atoms with Crippen LogP contribution in [-0.4, -0.2) is 36.2 Å². The minimum absolute atomic E-state index is 0.136. The fourth-order valence-electron chi connectivity index (χ4n) is 3.90. The van der Waals surface area contributed by atoms with Gasteiger partial charge < -0.3 is 14.8 Å². The molecule has 0 fully saturated rings. The maximum Gasteiger partial charge on any atom is 0.262 e. The van der Waals surface area contributed by atoms with Crippen LogP contribution in [0.4, 0.5) is 0 Å². The lowest BCUT2D eigenvalue weighted by molar-refractivity contribution is -0.121. The molecular formula is C28H28ClN3O4S. The maximum atomic E-state index is 13.3. The van der Waals surface area contributed by atoms with E-state index in [-0.39, 0.29) is 24.4 Å². The van der Waals surface area contributed by atoms with Crippen LogP contribution in [0, 0.1) is 0 Å². The summed E-state index contributed by atoms with van der Waals surface area (Å²) in [5.74, 6) is 1.73. The van der Waals surface area contributed by atoms with Crippen molar-refractivity contribution in [3.05, 3.63) is 93.2 Å². The molecule has 1 aromatic heterocycles. The zero-order chi connectivity index (χ0) is 26.2. The number of carbonyl (C=O) groups excluding carboxylic acids is 1. The Bertz CT molecular complexity index is 1460. The Labute approximate surface area is 224 Å². The van der Waals surface area contributed by atoms with E-state index in [9.17, 15) is 9.59 Å². The quantitative estimate of drug-likeness (QED) is 0.211. The average molecular weight is 538 g/mol. The Morgan fingerprint density at radius 1 is 1.03 bits per heavy atom. The van der Waals surface area contributed by atoms with Gasteiger partial charge in [-0.25, -0.2) is 4.98 Å². The largest absolute Gasteiger partial charge is 0.493 e. The number of hydrogen-bond acceptors (Lipinski definition) is 6. The highest BCUT2D eigenvalue weighted by atomic mass is 35.5. The van der Waals surface area contributed by atoms with Crippen molar-refractivity contribution < 1.29 is 14.3 Å². The Morgan fingerprint density at radius 3 is 2.57 bits per heavy atom. The van der Waals surface area contributed by atoms with Gasteiger partial charge in [0.25, 0.3) is 5.56 Å². The van der Waals surface area contributed by atoms with Crippen molar-refractivity contribution in [3.8, 4) is 11.5 Å². The molecule has 0 saturated heterocycles. The predicted molar refractivity (Wildman–Crippen MR) is 148 cm³/mol. The van der Waals surface area contributed by atoms with Crippen LogP contribution in [0.25, 0.3) is 10.9 Å². The van der Waals surface area contributed by atoms with Gasteiger partial charge in [0.1, 0.15) is 0 Å². The molecule has 0 aliphatic rings. The van der Waals surface area contributed by atoms with Crippen molar-refractivity contribution in [2.45, 2.75) is 30.3 Å². The van der Waals surface area contributed by atoms with Crippen LogP contribution in [0.1, 0.15) is 17.5 Å². The molecule has 4 aromatic rings. The lowest BCUT2D eigenvalue weighted by Gasteiger charge is -2.14. The molecule has 0 spiro atoms. The number of rotatable bonds is 11. The van der Waals surface area contributed by atoms with Crippen LogP contribution in [0.2, 0.25) is 5.02 Å². The van der Waals surface area contributed by atoms with Crippen LogP contribution < -0.4 is 20.3 Å². The standard InChI is InChI=1S/C28H28ClN3O4S/c1-35-24-12-11-19(17-25(24)36-2)13-15-30-26(33)14-16-32-27(34)21-8-4-6-10-23(21)31-28(32)37-18-20-7-3-5-9-22(20)29/h3-12,17H,13-16,18H2,1-2H3,(H,30,33). The lowest BCUT2D eigenvalue weighted by atomic mass is 10.1. The van der Waals surface area contributed by atoms with E-state index in [1.165, 1.54) is 11.8 Å². The second-order valence-corrected chi connectivity index (χ2v) is 9.64. The third kappa shape index (κ3) is 6.64. The summed E-state index contributed by atoms with van der Waals surface area (Å²) in [6.45, 7) is 0.691. The molecule has 0 aliphatic carbocycles. The van der Waals surface area contributed by atoms with Crippen LogP contribution in [-0.2, 0) is 23.5 Å². The first kappa shape index (κ1) is 26.6. The number of methoxy groups -OCH3 is 2. The number of amides is 1. The summed E-state index contributed by atoms with van der Waals surface area (Å²) in [4.78, 5) is 30.6. The molecule has 0 saturated carbocycles. The summed E-state index contributed by atoms with van der Waals surface area (Å²) >= 11 is 7.75. The molecule has 0 atom stereocenters. The number of hydrogen-bond donors (Lipinski definition) is 1. The number of aromatic nitrogens is 2. The van der Waals surface area contributed by atoms with Gasteiger partial charge in [0.15, 0.2) is 16.7 Å². The van der Waals surface area contributed by atoms with Gasteiger partial charge in [0.2, 0.25) is 5.91 Å². The highest BCUT2D eigenvalue weighted by Gasteiger charge is 2.14. The van der Waals surface area contributed by atoms with Gasteiger partial charge in [-0.2, -0.15) is 0 Å². The smallest absolute Gasteiger partial charge is 0.262 e. The molecule has 0 unspecified atom stereocenters. The Morgan fingerprint density at radius 2 is 1.78 bits per heavy atom. The van der Waals surface area contributed by atoms with Crippen molar-refractivity contribution in [3.63, 3.8) is 0 Å². The highest BCUT2D eigenvalue weighted by Crippen LogP contribution is 2.28. The fraction of sp³-hybridized carbons (Fsp3) is 0.250. The summed E-state index contributed by atoms with van der Waals surface area (Å²) in [5.41, 5.74) is 2.44. The number of thioether (sulfide) groups is 1. The summed E-state index contributed by atoms with van der Waals surface area (Å²) in [6, 6.07) is 20.5. The van der Waals surface area contributed by atoms with E-state index in [1.807, 2.05) is 60.7 Å². The number of fused-ring (bicyclic) bond motifs is 1. The van der Waals surface area contributed by atoms with Gasteiger partial charge in [-0.3, -0.25) is 14.2 Å². The molecule has 0 aliphatic heterocycles. The number of nitrogens with one attached hydrogen (secondary N) is 1. The molecule has 3 aromatic carbocycles. The number of benzene rings is 3. The first-order chi connectivity index (χ1) is 18.0. The van der Waals surface area contributed by atoms with E-state index in [4.69, 9.17) is 26.1 Å². The lowest BCUT2D eigenvalue weighted by Crippen LogP contribution is -2.30. The summed E-state index contributed by atoms with van der Waals surface area (Å²) in [7, 11) is 3.18. The van der Waals surface area contributed by atoms with Gasteiger partial charge in [0.05, 0.1) is 25.1 Å². The molecule has 4 rings (SSSR count). The van der Waals surface area contributed by atoms with Gasteiger partial charge in [-0.15, -0.1) is 0 Å². The molecule has 0 bridgehead atoms. The third-order valence-corrected chi connectivity index (χ3v) is 7.28. The Hall–Kier alpha value is -3.49. The second-order valence-electron chi connectivity index (χ2n) is 8.29. The maximum absolute atomic E-state index is 13.3. The summed E-state index contributed by atoms with van der Waals surface area (Å²) < 4.78 is 12.2. The van der Waals surface area contributed by atoms with Crippen molar-refractivity contribution in [1.29, 1.82) is 0 Å². The van der Waals surface area contributed by atoms with Gasteiger partial charge in [0, 0.05) is 30.3 Å². The first-order valence-corrected chi connectivity index (χ1v) is 13.2. The number of nitrogens with zero attached hydrogens (tertiary/aromatic N) is 2. The molecule has 1 amide bonds. The van der Waals surface area contributed by atoms with E-state index in [0.29, 0.717) is 51.3 Å². The molecule has 1 N–H and O–H groups in total. The number of para-hydroxylation sites is 1. The predicted octanol–water partition coefficient (Wildman–Crippen LogP) is 5.11. The molecule has 37 heavy (non-hydrogen) atoms. The van der Waals surface area contributed by atoms with Crippen LogP contribution >= 0.6 is 23.4 Å². The fourth-order valence-corrected chi connectivity index (χ4v) is 5.21. The van der Waals surface area contributed by atoms with E-state index >= 15 is 0 Å². The topological polar surface area (TPSA) is 82.5 Å². The van der Waals surface area contributed by atoms with Crippen LogP contribution in [0.3, 0.4) is 0 Å². The number of carbonyl (C=O) groups is 1. The minimum Gasteiger partial charge on any atom is -0.493 e. The van der Waals surface area contributed by atoms with Gasteiger partial charge >= 0.3 is 0 Å². The Balaban J connectivity index is 1.42. The van der Waals surface area contributed by atoms with E-state index in [2.05, 4.69) is 5.32 Å².